The summed E-state index contributed by atoms with van der Waals surface area (Å²) in [5.41, 5.74) is 15.5. The third-order valence-electron chi connectivity index (χ3n) is 2.27. The van der Waals surface area contributed by atoms with E-state index in [-0.39, 0.29) is 38.6 Å². The molecule has 9 heteroatoms. The molecule has 2 rings (SSSR count). The zero-order valence-corrected chi connectivity index (χ0v) is 11.9. The van der Waals surface area contributed by atoms with Gasteiger partial charge in [0.25, 0.3) is 0 Å². The van der Waals surface area contributed by atoms with Crippen molar-refractivity contribution in [3.63, 3.8) is 0 Å². The van der Waals surface area contributed by atoms with Crippen molar-refractivity contribution in [1.82, 2.24) is 24.9 Å². The molecule has 18 heavy (non-hydrogen) atoms. The van der Waals surface area contributed by atoms with Crippen molar-refractivity contribution in [1.29, 1.82) is 0 Å². The van der Waals surface area contributed by atoms with E-state index in [4.69, 9.17) is 11.5 Å². The molecule has 0 bridgehead atoms. The van der Waals surface area contributed by atoms with Crippen LogP contribution >= 0.6 is 0 Å². The van der Waals surface area contributed by atoms with Crippen LogP contribution in [0.4, 0.5) is 5.82 Å². The number of fused-ring (bicyclic) bond motifs is 1. The Morgan fingerprint density at radius 1 is 1.17 bits per heavy atom. The van der Waals surface area contributed by atoms with Gasteiger partial charge in [-0.25, -0.2) is 19.6 Å². The van der Waals surface area contributed by atoms with Gasteiger partial charge in [-0.15, -0.1) is 0 Å². The van der Waals surface area contributed by atoms with Gasteiger partial charge in [-0.05, 0) is 0 Å². The Hall–Kier alpha value is -0.644. The number of nitrogens with two attached hydrogens (primary N) is 2. The number of hydrogen-bond acceptors (Lipinski definition) is 7. The van der Waals surface area contributed by atoms with Crippen LogP contribution in [-0.2, 0) is 0 Å². The molecule has 0 spiro atoms. The minimum absolute atomic E-state index is 0. The standard InChI is InChI=1S/C9H16N8.Tb/c10-1-2-12-3-4-16-17-6-15-7-8(11)13-5-14-9(7)17;/h5-6,12,16H,1-4,10H2,(H2,11,13,14);. The summed E-state index contributed by atoms with van der Waals surface area (Å²) in [7, 11) is 0. The Labute approximate surface area is 135 Å². The molecule has 8 nitrogen and oxygen atoms in total. The fraction of sp³-hybridized carbons (Fsp3) is 0.444. The molecule has 0 unspecified atom stereocenters. The molecule has 2 aromatic rings. The van der Waals surface area contributed by atoms with E-state index < -0.39 is 0 Å². The van der Waals surface area contributed by atoms with Gasteiger partial charge in [0.2, 0.25) is 0 Å². The zero-order chi connectivity index (χ0) is 12.1. The first-order chi connectivity index (χ1) is 8.33. The molecule has 0 fully saturated rings. The topological polar surface area (TPSA) is 120 Å². The van der Waals surface area contributed by atoms with Crippen molar-refractivity contribution in [3.8, 4) is 0 Å². The maximum atomic E-state index is 5.68. The van der Waals surface area contributed by atoms with E-state index >= 15 is 0 Å². The summed E-state index contributed by atoms with van der Waals surface area (Å²) in [4.78, 5) is 12.1. The number of hydrogen-bond donors (Lipinski definition) is 4. The molecule has 0 saturated heterocycles. The Balaban J connectivity index is 0.00000162. The maximum Gasteiger partial charge on any atom is 0.184 e. The summed E-state index contributed by atoms with van der Waals surface area (Å²) < 4.78 is 1.73. The van der Waals surface area contributed by atoms with Crippen molar-refractivity contribution < 1.29 is 38.6 Å². The molecule has 0 aromatic carbocycles. The Bertz CT molecular complexity index is 484. The van der Waals surface area contributed by atoms with Gasteiger partial charge in [0, 0.05) is 64.8 Å². The Morgan fingerprint density at radius 3 is 2.78 bits per heavy atom. The molecule has 0 aliphatic rings. The van der Waals surface area contributed by atoms with Gasteiger partial charge in [-0.2, -0.15) is 0 Å². The zero-order valence-electron chi connectivity index (χ0n) is 9.76. The summed E-state index contributed by atoms with van der Waals surface area (Å²) in [5.74, 6) is 0.386. The van der Waals surface area contributed by atoms with Crippen molar-refractivity contribution >= 4 is 17.0 Å². The van der Waals surface area contributed by atoms with Crippen LogP contribution in [0.2, 0.25) is 0 Å². The Kier molecular flexibility index (Phi) is 6.61. The molecular weight excluding hydrogens is 379 g/mol. The number of anilines is 1. The molecule has 6 N–H and O–H groups in total. The Morgan fingerprint density at radius 2 is 2.00 bits per heavy atom. The molecule has 0 aliphatic heterocycles. The van der Waals surface area contributed by atoms with Gasteiger partial charge in [-0.1, -0.05) is 0 Å². The SMILES string of the molecule is NCCNCCNn1cnc2c(N)ncnc21.[Tb]. The monoisotopic (exact) mass is 395 g/mol. The van der Waals surface area contributed by atoms with Gasteiger partial charge in [0.15, 0.2) is 17.0 Å². The van der Waals surface area contributed by atoms with Crippen molar-refractivity contribution in [2.24, 2.45) is 5.73 Å². The van der Waals surface area contributed by atoms with Crippen LogP contribution in [0.25, 0.3) is 11.2 Å². The minimum Gasteiger partial charge on any atom is -0.382 e. The van der Waals surface area contributed by atoms with E-state index in [9.17, 15) is 0 Å². The average Bonchev–Trinajstić information content (AvgIpc) is 2.74. The maximum absolute atomic E-state index is 5.68. The van der Waals surface area contributed by atoms with E-state index in [0.29, 0.717) is 23.5 Å². The van der Waals surface area contributed by atoms with Crippen molar-refractivity contribution in [2.75, 3.05) is 37.3 Å². The number of rotatable bonds is 6. The first kappa shape index (κ1) is 15.4. The fourth-order valence-electron chi connectivity index (χ4n) is 1.46. The number of aromatic nitrogens is 4. The van der Waals surface area contributed by atoms with Crippen molar-refractivity contribution in [3.05, 3.63) is 12.7 Å². The van der Waals surface area contributed by atoms with Crippen LogP contribution in [0.3, 0.4) is 0 Å². The fourth-order valence-corrected chi connectivity index (χ4v) is 1.46. The van der Waals surface area contributed by atoms with Crippen LogP contribution in [0, 0.1) is 38.6 Å². The van der Waals surface area contributed by atoms with Crippen LogP contribution < -0.4 is 22.2 Å². The summed E-state index contributed by atoms with van der Waals surface area (Å²) in [6.07, 6.45) is 3.06. The predicted molar refractivity (Wildman–Crippen MR) is 65.9 cm³/mol. The summed E-state index contributed by atoms with van der Waals surface area (Å²) in [6.45, 7) is 3.01. The second kappa shape index (κ2) is 7.72. The van der Waals surface area contributed by atoms with E-state index in [1.165, 1.54) is 6.33 Å². The number of nitrogens with zero attached hydrogens (tertiary/aromatic N) is 4. The molecule has 0 saturated carbocycles. The molecule has 0 atom stereocenters. The first-order valence-electron chi connectivity index (χ1n) is 5.41. The normalized spacial score (nSPS) is 10.3. The first-order valence-corrected chi connectivity index (χ1v) is 5.41. The van der Waals surface area contributed by atoms with E-state index in [1.54, 1.807) is 11.0 Å². The van der Waals surface area contributed by atoms with Crippen LogP contribution in [-0.4, -0.2) is 45.8 Å². The van der Waals surface area contributed by atoms with E-state index in [1.807, 2.05) is 0 Å². The quantitative estimate of drug-likeness (QED) is 0.440. The van der Waals surface area contributed by atoms with Gasteiger partial charge < -0.3 is 22.2 Å². The van der Waals surface area contributed by atoms with Crippen molar-refractivity contribution in [2.45, 2.75) is 0 Å². The molecule has 0 aliphatic carbocycles. The smallest absolute Gasteiger partial charge is 0.184 e. The van der Waals surface area contributed by atoms with E-state index in [0.717, 1.165) is 19.6 Å². The average molecular weight is 395 g/mol. The largest absolute Gasteiger partial charge is 0.382 e. The minimum atomic E-state index is 0. The number of nitrogen functional groups attached to an aromatic ring is 1. The number of imidazole rings is 1. The third-order valence-corrected chi connectivity index (χ3v) is 2.27. The van der Waals surface area contributed by atoms with Crippen LogP contribution in [0.15, 0.2) is 12.7 Å². The summed E-state index contributed by atoms with van der Waals surface area (Å²) in [6, 6.07) is 0. The molecule has 101 valence electrons. The molecule has 1 radical (unpaired) electrons. The van der Waals surface area contributed by atoms with Crippen LogP contribution in [0.1, 0.15) is 0 Å². The predicted octanol–water partition coefficient (Wildman–Crippen LogP) is -1.50. The second-order valence-corrected chi connectivity index (χ2v) is 3.49. The van der Waals surface area contributed by atoms with Gasteiger partial charge >= 0.3 is 0 Å². The van der Waals surface area contributed by atoms with Gasteiger partial charge in [-0.3, -0.25) is 0 Å². The van der Waals surface area contributed by atoms with Gasteiger partial charge in [0.1, 0.15) is 12.7 Å². The number of nitrogens with one attached hydrogen (secondary N) is 2. The summed E-state index contributed by atoms with van der Waals surface area (Å²) >= 11 is 0. The third kappa shape index (κ3) is 3.67. The van der Waals surface area contributed by atoms with Crippen LogP contribution in [0.5, 0.6) is 0 Å². The summed E-state index contributed by atoms with van der Waals surface area (Å²) in [5, 5.41) is 3.18. The molecule has 0 amide bonds. The molecular formula is C9H16N8Tb. The second-order valence-electron chi connectivity index (χ2n) is 3.49. The van der Waals surface area contributed by atoms with Gasteiger partial charge in [0.05, 0.1) is 0 Å². The molecule has 2 heterocycles. The van der Waals surface area contributed by atoms with E-state index in [2.05, 4.69) is 25.7 Å². The molecule has 2 aromatic heterocycles.